The van der Waals surface area contributed by atoms with Crippen LogP contribution < -0.4 is 10.6 Å². The second-order valence-electron chi connectivity index (χ2n) is 6.26. The Kier molecular flexibility index (Phi) is 4.98. The Morgan fingerprint density at radius 3 is 2.55 bits per heavy atom. The largest absolute Gasteiger partial charge is 0.372 e. The molecule has 0 fully saturated rings. The molecule has 0 aliphatic carbocycles. The minimum atomic E-state index is -0.539. The Hall–Kier alpha value is -4.07. The number of amides is 1. The number of H-pyrrole nitrogens is 1. The van der Waals surface area contributed by atoms with Gasteiger partial charge in [-0.3, -0.25) is 9.89 Å². The quantitative estimate of drug-likeness (QED) is 0.481. The van der Waals surface area contributed by atoms with E-state index in [-0.39, 0.29) is 5.56 Å². The van der Waals surface area contributed by atoms with Crippen LogP contribution in [0.25, 0.3) is 22.5 Å². The van der Waals surface area contributed by atoms with Crippen molar-refractivity contribution in [2.24, 2.45) is 0 Å². The molecular formula is C21H17FN6O. The lowest BCUT2D eigenvalue weighted by Gasteiger charge is -2.08. The van der Waals surface area contributed by atoms with Crippen molar-refractivity contribution in [2.45, 2.75) is 0 Å². The summed E-state index contributed by atoms with van der Waals surface area (Å²) in [7, 11) is 1.73. The average molecular weight is 388 g/mol. The highest BCUT2D eigenvalue weighted by Gasteiger charge is 2.15. The topological polar surface area (TPSA) is 95.6 Å². The predicted molar refractivity (Wildman–Crippen MR) is 109 cm³/mol. The van der Waals surface area contributed by atoms with Crippen LogP contribution in [-0.4, -0.2) is 33.3 Å². The minimum Gasteiger partial charge on any atom is -0.372 e. The fraction of sp³-hybridized carbons (Fsp3) is 0.0476. The Balaban J connectivity index is 1.61. The van der Waals surface area contributed by atoms with E-state index in [1.54, 1.807) is 25.2 Å². The fourth-order valence-electron chi connectivity index (χ4n) is 2.89. The molecule has 4 aromatic rings. The van der Waals surface area contributed by atoms with Crippen LogP contribution in [-0.2, 0) is 0 Å². The molecule has 0 saturated carbocycles. The number of carbonyl (C=O) groups is 1. The summed E-state index contributed by atoms with van der Waals surface area (Å²) in [4.78, 5) is 12.8. The van der Waals surface area contributed by atoms with Gasteiger partial charge in [0.1, 0.15) is 11.6 Å². The van der Waals surface area contributed by atoms with Gasteiger partial charge in [-0.1, -0.05) is 30.3 Å². The van der Waals surface area contributed by atoms with E-state index in [0.29, 0.717) is 28.5 Å². The van der Waals surface area contributed by atoms with E-state index in [0.717, 1.165) is 5.56 Å². The summed E-state index contributed by atoms with van der Waals surface area (Å²) in [5.41, 5.74) is 3.14. The third-order valence-corrected chi connectivity index (χ3v) is 4.33. The fourth-order valence-corrected chi connectivity index (χ4v) is 2.89. The van der Waals surface area contributed by atoms with Gasteiger partial charge >= 0.3 is 0 Å². The zero-order valence-electron chi connectivity index (χ0n) is 15.5. The molecule has 1 amide bonds. The molecule has 0 saturated heterocycles. The van der Waals surface area contributed by atoms with E-state index in [4.69, 9.17) is 0 Å². The molecule has 2 aromatic heterocycles. The van der Waals surface area contributed by atoms with Crippen LogP contribution in [0.1, 0.15) is 10.4 Å². The van der Waals surface area contributed by atoms with Crippen LogP contribution in [0.2, 0.25) is 0 Å². The van der Waals surface area contributed by atoms with E-state index < -0.39 is 11.7 Å². The second kappa shape index (κ2) is 7.89. The first-order valence-electron chi connectivity index (χ1n) is 8.86. The summed E-state index contributed by atoms with van der Waals surface area (Å²) in [5.74, 6) is -0.400. The average Bonchev–Trinajstić information content (AvgIpc) is 3.22. The Bertz CT molecular complexity index is 1140. The van der Waals surface area contributed by atoms with Gasteiger partial charge in [0, 0.05) is 23.7 Å². The molecule has 7 nitrogen and oxygen atoms in total. The maximum Gasteiger partial charge on any atom is 0.255 e. The summed E-state index contributed by atoms with van der Waals surface area (Å²) in [6.07, 6.45) is 1.52. The molecule has 0 spiro atoms. The number of nitrogens with one attached hydrogen (secondary N) is 3. The van der Waals surface area contributed by atoms with Gasteiger partial charge in [0.05, 0.1) is 23.3 Å². The van der Waals surface area contributed by atoms with E-state index in [1.807, 2.05) is 30.3 Å². The van der Waals surface area contributed by atoms with Crippen molar-refractivity contribution in [1.29, 1.82) is 0 Å². The zero-order valence-corrected chi connectivity index (χ0v) is 15.5. The molecule has 8 heteroatoms. The number of halogens is 1. The molecular weight excluding hydrogens is 371 g/mol. The normalized spacial score (nSPS) is 10.6. The molecule has 0 unspecified atom stereocenters. The Morgan fingerprint density at radius 1 is 1.00 bits per heavy atom. The van der Waals surface area contributed by atoms with Crippen LogP contribution in [0.5, 0.6) is 0 Å². The molecule has 0 atom stereocenters. The van der Waals surface area contributed by atoms with Gasteiger partial charge in [-0.05, 0) is 30.3 Å². The summed E-state index contributed by atoms with van der Waals surface area (Å²) in [6.45, 7) is 0. The number of hydrogen-bond donors (Lipinski definition) is 3. The van der Waals surface area contributed by atoms with Crippen molar-refractivity contribution in [3.8, 4) is 22.5 Å². The van der Waals surface area contributed by atoms with Gasteiger partial charge in [0.15, 0.2) is 0 Å². The first kappa shape index (κ1) is 18.3. The maximum atomic E-state index is 14.2. The third-order valence-electron chi connectivity index (χ3n) is 4.33. The number of anilines is 2. The number of aromatic amines is 1. The van der Waals surface area contributed by atoms with Crippen LogP contribution >= 0.6 is 0 Å². The van der Waals surface area contributed by atoms with Crippen LogP contribution in [0, 0.1) is 5.82 Å². The van der Waals surface area contributed by atoms with Crippen molar-refractivity contribution in [1.82, 2.24) is 20.4 Å². The lowest BCUT2D eigenvalue weighted by molar-refractivity contribution is 0.102. The van der Waals surface area contributed by atoms with Crippen molar-refractivity contribution < 1.29 is 9.18 Å². The molecule has 144 valence electrons. The highest BCUT2D eigenvalue weighted by atomic mass is 19.1. The molecule has 0 bridgehead atoms. The minimum absolute atomic E-state index is 0.166. The van der Waals surface area contributed by atoms with Crippen LogP contribution in [0.4, 0.5) is 15.9 Å². The monoisotopic (exact) mass is 388 g/mol. The van der Waals surface area contributed by atoms with Gasteiger partial charge in [0.2, 0.25) is 0 Å². The van der Waals surface area contributed by atoms with E-state index in [9.17, 15) is 9.18 Å². The van der Waals surface area contributed by atoms with E-state index >= 15 is 0 Å². The number of rotatable bonds is 5. The van der Waals surface area contributed by atoms with Crippen molar-refractivity contribution in [3.05, 3.63) is 78.2 Å². The summed E-state index contributed by atoms with van der Waals surface area (Å²) in [6, 6.07) is 17.0. The summed E-state index contributed by atoms with van der Waals surface area (Å²) < 4.78 is 14.2. The third kappa shape index (κ3) is 3.96. The maximum absolute atomic E-state index is 14.2. The lowest BCUT2D eigenvalue weighted by Crippen LogP contribution is -2.12. The highest BCUT2D eigenvalue weighted by molar-refractivity contribution is 6.06. The summed E-state index contributed by atoms with van der Waals surface area (Å²) >= 11 is 0. The number of benzene rings is 2. The van der Waals surface area contributed by atoms with Gasteiger partial charge in [-0.15, -0.1) is 10.2 Å². The van der Waals surface area contributed by atoms with Crippen molar-refractivity contribution >= 4 is 17.4 Å². The number of nitrogens with zero attached hydrogens (tertiary/aromatic N) is 3. The number of aromatic nitrogens is 4. The summed E-state index contributed by atoms with van der Waals surface area (Å²) in [5, 5.41) is 20.6. The van der Waals surface area contributed by atoms with Crippen LogP contribution in [0.3, 0.4) is 0 Å². The van der Waals surface area contributed by atoms with Crippen molar-refractivity contribution in [2.75, 3.05) is 17.7 Å². The molecule has 29 heavy (non-hydrogen) atoms. The molecule has 2 aromatic carbocycles. The smallest absolute Gasteiger partial charge is 0.255 e. The Labute approximate surface area is 166 Å². The molecule has 0 aliphatic heterocycles. The SMILES string of the molecule is CNc1ccc(-c2cc(F)cc(C(=O)Nc3cn[nH]c3-c3ccccc3)c2)nn1. The zero-order chi connectivity index (χ0) is 20.2. The Morgan fingerprint density at radius 2 is 1.83 bits per heavy atom. The molecule has 0 radical (unpaired) electrons. The van der Waals surface area contributed by atoms with Crippen LogP contribution in [0.15, 0.2) is 66.9 Å². The standard InChI is InChI=1S/C21H17FN6O/c1-23-19-8-7-17(26-27-19)14-9-15(11-16(22)10-14)21(29)25-18-12-24-28-20(18)13-5-3-2-4-6-13/h2-12H,1H3,(H,23,27)(H,24,28)(H,25,29). The van der Waals surface area contributed by atoms with Gasteiger partial charge < -0.3 is 10.6 Å². The van der Waals surface area contributed by atoms with E-state index in [2.05, 4.69) is 31.0 Å². The number of carbonyl (C=O) groups excluding carboxylic acids is 1. The molecule has 4 rings (SSSR count). The van der Waals surface area contributed by atoms with Gasteiger partial charge in [-0.2, -0.15) is 5.10 Å². The highest BCUT2D eigenvalue weighted by Crippen LogP contribution is 2.26. The van der Waals surface area contributed by atoms with Gasteiger partial charge in [0.25, 0.3) is 5.91 Å². The number of hydrogen-bond acceptors (Lipinski definition) is 5. The molecule has 2 heterocycles. The molecule has 3 N–H and O–H groups in total. The second-order valence-corrected chi connectivity index (χ2v) is 6.26. The van der Waals surface area contributed by atoms with E-state index in [1.165, 1.54) is 18.3 Å². The lowest BCUT2D eigenvalue weighted by atomic mass is 10.1. The van der Waals surface area contributed by atoms with Gasteiger partial charge in [-0.25, -0.2) is 4.39 Å². The molecule has 0 aliphatic rings. The first-order chi connectivity index (χ1) is 14.1. The predicted octanol–water partition coefficient (Wildman–Crippen LogP) is 3.97. The van der Waals surface area contributed by atoms with Crippen molar-refractivity contribution in [3.63, 3.8) is 0 Å². The first-order valence-corrected chi connectivity index (χ1v) is 8.86.